The number of nitrogens with one attached hydrogen (secondary N) is 2. The number of carboxylic acids is 1. The maximum absolute atomic E-state index is 10.7. The molecule has 12 heavy (non-hydrogen) atoms. The van der Waals surface area contributed by atoms with E-state index in [1.807, 2.05) is 10.9 Å². The van der Waals surface area contributed by atoms with Crippen molar-refractivity contribution in [2.75, 3.05) is 0 Å². The Balaban J connectivity index is 3.47. The molecule has 6 nitrogen and oxygen atoms in total. The smallest absolute Gasteiger partial charge is 0.303 e. The van der Waals surface area contributed by atoms with E-state index >= 15 is 0 Å². The van der Waals surface area contributed by atoms with E-state index in [4.69, 9.17) is 5.11 Å². The molecule has 0 atom stereocenters. The third-order valence-corrected chi connectivity index (χ3v) is 0.944. The summed E-state index contributed by atoms with van der Waals surface area (Å²) in [6, 6.07) is 0. The van der Waals surface area contributed by atoms with E-state index in [1.165, 1.54) is 6.92 Å². The fourth-order valence-corrected chi connectivity index (χ4v) is 0.441. The van der Waals surface area contributed by atoms with Crippen LogP contribution in [0.5, 0.6) is 0 Å². The van der Waals surface area contributed by atoms with Gasteiger partial charge in [0.2, 0.25) is 11.8 Å². The second kappa shape index (κ2) is 5.11. The van der Waals surface area contributed by atoms with Gasteiger partial charge in [0, 0.05) is 13.3 Å². The molecule has 0 bridgehead atoms. The molecular formula is C6H10N2O4. The monoisotopic (exact) mass is 174 g/mol. The van der Waals surface area contributed by atoms with Crippen LogP contribution in [0.25, 0.3) is 0 Å². The van der Waals surface area contributed by atoms with Crippen LogP contribution in [0, 0.1) is 0 Å². The Kier molecular flexibility index (Phi) is 4.43. The molecule has 0 rings (SSSR count). The highest BCUT2D eigenvalue weighted by Crippen LogP contribution is 1.86. The number of hydrazine groups is 1. The van der Waals surface area contributed by atoms with Crippen LogP contribution in [0.1, 0.15) is 19.8 Å². The molecule has 0 aromatic heterocycles. The van der Waals surface area contributed by atoms with E-state index in [2.05, 4.69) is 0 Å². The molecule has 0 saturated heterocycles. The summed E-state index contributed by atoms with van der Waals surface area (Å²) in [7, 11) is 0. The first-order valence-corrected chi connectivity index (χ1v) is 3.29. The van der Waals surface area contributed by atoms with Crippen LogP contribution in [0.15, 0.2) is 0 Å². The normalized spacial score (nSPS) is 8.75. The zero-order valence-electron chi connectivity index (χ0n) is 6.59. The van der Waals surface area contributed by atoms with E-state index in [9.17, 15) is 14.4 Å². The summed E-state index contributed by atoms with van der Waals surface area (Å²) in [5, 5.41) is 8.17. The Morgan fingerprint density at radius 1 is 1.17 bits per heavy atom. The maximum atomic E-state index is 10.7. The fourth-order valence-electron chi connectivity index (χ4n) is 0.441. The van der Waals surface area contributed by atoms with Gasteiger partial charge in [0.15, 0.2) is 0 Å². The predicted molar refractivity (Wildman–Crippen MR) is 38.8 cm³/mol. The van der Waals surface area contributed by atoms with Crippen LogP contribution in [0.2, 0.25) is 0 Å². The summed E-state index contributed by atoms with van der Waals surface area (Å²) >= 11 is 0. The Morgan fingerprint density at radius 2 is 1.75 bits per heavy atom. The van der Waals surface area contributed by atoms with E-state index in [0.29, 0.717) is 0 Å². The molecule has 0 saturated carbocycles. The number of rotatable bonds is 3. The zero-order valence-corrected chi connectivity index (χ0v) is 6.59. The number of carboxylic acid groups (broad SMARTS) is 1. The summed E-state index contributed by atoms with van der Waals surface area (Å²) in [5.41, 5.74) is 4.07. The minimum absolute atomic E-state index is 0.143. The van der Waals surface area contributed by atoms with Crippen molar-refractivity contribution in [3.05, 3.63) is 0 Å². The van der Waals surface area contributed by atoms with Gasteiger partial charge in [-0.2, -0.15) is 0 Å². The molecule has 3 N–H and O–H groups in total. The van der Waals surface area contributed by atoms with Gasteiger partial charge in [0.25, 0.3) is 0 Å². The van der Waals surface area contributed by atoms with Gasteiger partial charge in [-0.15, -0.1) is 0 Å². The van der Waals surface area contributed by atoms with E-state index in [-0.39, 0.29) is 12.8 Å². The molecular weight excluding hydrogens is 164 g/mol. The molecule has 0 radical (unpaired) electrons. The minimum Gasteiger partial charge on any atom is -0.481 e. The van der Waals surface area contributed by atoms with Gasteiger partial charge in [0.1, 0.15) is 0 Å². The lowest BCUT2D eigenvalue weighted by Crippen LogP contribution is -2.40. The number of carbonyl (C=O) groups excluding carboxylic acids is 2. The first-order valence-electron chi connectivity index (χ1n) is 3.29. The van der Waals surface area contributed by atoms with Gasteiger partial charge >= 0.3 is 5.97 Å². The van der Waals surface area contributed by atoms with Crippen molar-refractivity contribution in [1.82, 2.24) is 10.9 Å². The predicted octanol–water partition coefficient (Wildman–Crippen LogP) is -0.981. The van der Waals surface area contributed by atoms with Gasteiger partial charge in [0.05, 0.1) is 6.42 Å². The van der Waals surface area contributed by atoms with Crippen LogP contribution < -0.4 is 10.9 Å². The third kappa shape index (κ3) is 6.53. The number of hydrogen-bond donors (Lipinski definition) is 3. The Bertz CT molecular complexity index is 182. The molecule has 0 aliphatic carbocycles. The molecule has 0 aromatic rings. The van der Waals surface area contributed by atoms with Crippen molar-refractivity contribution in [1.29, 1.82) is 0 Å². The number of aliphatic carboxylic acids is 1. The lowest BCUT2D eigenvalue weighted by atomic mass is 10.3. The van der Waals surface area contributed by atoms with Crippen LogP contribution in [-0.4, -0.2) is 22.9 Å². The van der Waals surface area contributed by atoms with Crippen LogP contribution >= 0.6 is 0 Å². The summed E-state index contributed by atoms with van der Waals surface area (Å²) in [4.78, 5) is 30.9. The molecule has 68 valence electrons. The van der Waals surface area contributed by atoms with Crippen LogP contribution in [0.3, 0.4) is 0 Å². The topological polar surface area (TPSA) is 95.5 Å². The summed E-state index contributed by atoms with van der Waals surface area (Å²) < 4.78 is 0. The summed E-state index contributed by atoms with van der Waals surface area (Å²) in [6.45, 7) is 1.23. The van der Waals surface area contributed by atoms with Gasteiger partial charge in [-0.25, -0.2) is 0 Å². The Labute approximate surface area is 68.9 Å². The Hall–Kier alpha value is -1.59. The molecule has 0 aliphatic rings. The number of hydrogen-bond acceptors (Lipinski definition) is 3. The first-order chi connectivity index (χ1) is 5.52. The van der Waals surface area contributed by atoms with Crippen molar-refractivity contribution in [2.24, 2.45) is 0 Å². The second-order valence-electron chi connectivity index (χ2n) is 2.12. The molecule has 0 fully saturated rings. The SMILES string of the molecule is CC(=O)NNC(=O)CCC(=O)O. The molecule has 0 unspecified atom stereocenters. The van der Waals surface area contributed by atoms with Gasteiger partial charge < -0.3 is 5.11 Å². The lowest BCUT2D eigenvalue weighted by Gasteiger charge is -2.02. The summed E-state index contributed by atoms with van der Waals surface area (Å²) in [5.74, 6) is -1.97. The number of amides is 2. The molecule has 0 spiro atoms. The molecule has 0 aliphatic heterocycles. The molecule has 2 amide bonds. The largest absolute Gasteiger partial charge is 0.481 e. The van der Waals surface area contributed by atoms with E-state index in [0.717, 1.165) is 0 Å². The quantitative estimate of drug-likeness (QED) is 0.479. The van der Waals surface area contributed by atoms with E-state index < -0.39 is 17.8 Å². The highest BCUT2D eigenvalue weighted by molar-refractivity contribution is 5.83. The molecule has 0 aromatic carbocycles. The van der Waals surface area contributed by atoms with Crippen molar-refractivity contribution in [3.8, 4) is 0 Å². The fraction of sp³-hybridized carbons (Fsp3) is 0.500. The van der Waals surface area contributed by atoms with Crippen molar-refractivity contribution in [2.45, 2.75) is 19.8 Å². The van der Waals surface area contributed by atoms with Gasteiger partial charge in [-0.3, -0.25) is 25.2 Å². The maximum Gasteiger partial charge on any atom is 0.303 e. The van der Waals surface area contributed by atoms with E-state index in [1.54, 1.807) is 0 Å². The highest BCUT2D eigenvalue weighted by Gasteiger charge is 2.04. The molecule has 0 heterocycles. The van der Waals surface area contributed by atoms with Gasteiger partial charge in [-0.05, 0) is 0 Å². The van der Waals surface area contributed by atoms with Crippen molar-refractivity contribution in [3.63, 3.8) is 0 Å². The van der Waals surface area contributed by atoms with Crippen molar-refractivity contribution >= 4 is 17.8 Å². The third-order valence-electron chi connectivity index (χ3n) is 0.944. The van der Waals surface area contributed by atoms with Crippen LogP contribution in [-0.2, 0) is 14.4 Å². The second-order valence-corrected chi connectivity index (χ2v) is 2.12. The average molecular weight is 174 g/mol. The van der Waals surface area contributed by atoms with Gasteiger partial charge in [-0.1, -0.05) is 0 Å². The average Bonchev–Trinajstić information content (AvgIpc) is 1.96. The molecule has 6 heteroatoms. The van der Waals surface area contributed by atoms with Crippen molar-refractivity contribution < 1.29 is 19.5 Å². The first kappa shape index (κ1) is 10.4. The number of carbonyl (C=O) groups is 3. The highest BCUT2D eigenvalue weighted by atomic mass is 16.4. The minimum atomic E-state index is -1.05. The van der Waals surface area contributed by atoms with Crippen LogP contribution in [0.4, 0.5) is 0 Å². The zero-order chi connectivity index (χ0) is 9.56. The lowest BCUT2D eigenvalue weighted by molar-refractivity contribution is -0.139. The standard InChI is InChI=1S/C6H10N2O4/c1-4(9)7-8-5(10)2-3-6(11)12/h2-3H2,1H3,(H,7,9)(H,8,10)(H,11,12). The Morgan fingerprint density at radius 3 is 2.17 bits per heavy atom. The summed E-state index contributed by atoms with van der Waals surface area (Å²) in [6.07, 6.45) is -0.388.